The van der Waals surface area contributed by atoms with Crippen LogP contribution in [0.4, 0.5) is 11.6 Å². The Labute approximate surface area is 126 Å². The highest BCUT2D eigenvalue weighted by atomic mass is 35.5. The molecule has 2 aromatic rings. The van der Waals surface area contributed by atoms with Crippen molar-refractivity contribution < 1.29 is 9.53 Å². The Kier molecular flexibility index (Phi) is 3.62. The van der Waals surface area contributed by atoms with Crippen LogP contribution >= 0.6 is 11.6 Å². The summed E-state index contributed by atoms with van der Waals surface area (Å²) in [6, 6.07) is 8.94. The van der Waals surface area contributed by atoms with Crippen molar-refractivity contribution in [3.8, 4) is 5.88 Å². The summed E-state index contributed by atoms with van der Waals surface area (Å²) >= 11 is 5.85. The van der Waals surface area contributed by atoms with Crippen LogP contribution in [0, 0.1) is 0 Å². The number of hydrogen-bond donors (Lipinski definition) is 2. The van der Waals surface area contributed by atoms with Gasteiger partial charge in [0.1, 0.15) is 11.2 Å². The molecule has 1 unspecified atom stereocenters. The molecule has 0 bridgehead atoms. The SMILES string of the molecule is COc1cc(Cl)nc(NC(=O)C2Cc3ccccc3N2)n1. The van der Waals surface area contributed by atoms with Crippen LogP contribution in [0.3, 0.4) is 0 Å². The fraction of sp³-hybridized carbons (Fsp3) is 0.214. The van der Waals surface area contributed by atoms with E-state index in [2.05, 4.69) is 20.6 Å². The van der Waals surface area contributed by atoms with Gasteiger partial charge in [0.2, 0.25) is 17.7 Å². The first-order valence-electron chi connectivity index (χ1n) is 6.39. The van der Waals surface area contributed by atoms with Crippen LogP contribution in [-0.2, 0) is 11.2 Å². The number of para-hydroxylation sites is 1. The van der Waals surface area contributed by atoms with E-state index in [0.29, 0.717) is 12.3 Å². The molecule has 108 valence electrons. The predicted octanol–water partition coefficient (Wildman–Crippen LogP) is 2.11. The van der Waals surface area contributed by atoms with Gasteiger partial charge in [0.15, 0.2) is 0 Å². The Morgan fingerprint density at radius 1 is 1.43 bits per heavy atom. The average Bonchev–Trinajstić information content (AvgIpc) is 2.90. The number of methoxy groups -OCH3 is 1. The monoisotopic (exact) mass is 304 g/mol. The predicted molar refractivity (Wildman–Crippen MR) is 79.8 cm³/mol. The summed E-state index contributed by atoms with van der Waals surface area (Å²) in [6.07, 6.45) is 0.625. The van der Waals surface area contributed by atoms with Gasteiger partial charge in [-0.05, 0) is 11.6 Å². The van der Waals surface area contributed by atoms with Gasteiger partial charge < -0.3 is 10.1 Å². The molecule has 2 heterocycles. The summed E-state index contributed by atoms with van der Waals surface area (Å²) in [7, 11) is 1.47. The first-order chi connectivity index (χ1) is 10.2. The number of anilines is 2. The van der Waals surface area contributed by atoms with Crippen molar-refractivity contribution in [1.82, 2.24) is 9.97 Å². The standard InChI is InChI=1S/C14H13ClN4O2/c1-21-12-7-11(15)17-14(18-12)19-13(20)10-6-8-4-2-3-5-9(8)16-10/h2-5,7,10,16H,6H2,1H3,(H,17,18,19,20). The first-order valence-corrected chi connectivity index (χ1v) is 6.77. The van der Waals surface area contributed by atoms with E-state index in [1.807, 2.05) is 24.3 Å². The van der Waals surface area contributed by atoms with Gasteiger partial charge in [0.25, 0.3) is 0 Å². The molecule has 2 N–H and O–H groups in total. The largest absolute Gasteiger partial charge is 0.481 e. The second-order valence-corrected chi connectivity index (χ2v) is 4.99. The minimum absolute atomic E-state index is 0.127. The lowest BCUT2D eigenvalue weighted by atomic mass is 10.1. The molecule has 0 radical (unpaired) electrons. The molecule has 6 nitrogen and oxygen atoms in total. The summed E-state index contributed by atoms with van der Waals surface area (Å²) in [5.74, 6) is 0.214. The second-order valence-electron chi connectivity index (χ2n) is 4.60. The maximum Gasteiger partial charge on any atom is 0.249 e. The zero-order chi connectivity index (χ0) is 14.8. The summed E-state index contributed by atoms with van der Waals surface area (Å²) in [4.78, 5) is 20.2. The summed E-state index contributed by atoms with van der Waals surface area (Å²) in [5, 5.41) is 6.02. The van der Waals surface area contributed by atoms with Gasteiger partial charge in [-0.25, -0.2) is 4.98 Å². The van der Waals surface area contributed by atoms with Crippen LogP contribution in [0.25, 0.3) is 0 Å². The van der Waals surface area contributed by atoms with Crippen LogP contribution in [0.15, 0.2) is 30.3 Å². The van der Waals surface area contributed by atoms with Gasteiger partial charge in [-0.1, -0.05) is 29.8 Å². The van der Waals surface area contributed by atoms with Gasteiger partial charge in [-0.3, -0.25) is 10.1 Å². The number of halogens is 1. The molecule has 0 saturated heterocycles. The number of nitrogens with one attached hydrogen (secondary N) is 2. The normalized spacial score (nSPS) is 16.0. The third-order valence-electron chi connectivity index (χ3n) is 3.20. The van der Waals surface area contributed by atoms with Crippen LogP contribution in [0.2, 0.25) is 5.15 Å². The molecule has 1 aromatic heterocycles. The maximum atomic E-state index is 12.3. The number of nitrogens with zero attached hydrogens (tertiary/aromatic N) is 2. The maximum absolute atomic E-state index is 12.3. The van der Waals surface area contributed by atoms with Gasteiger partial charge in [0.05, 0.1) is 7.11 Å². The Hall–Kier alpha value is -2.34. The van der Waals surface area contributed by atoms with E-state index in [9.17, 15) is 4.79 Å². The van der Waals surface area contributed by atoms with Gasteiger partial charge >= 0.3 is 0 Å². The van der Waals surface area contributed by atoms with Crippen molar-refractivity contribution >= 4 is 29.1 Å². The van der Waals surface area contributed by atoms with Gasteiger partial charge in [-0.15, -0.1) is 0 Å². The zero-order valence-electron chi connectivity index (χ0n) is 11.3. The fourth-order valence-electron chi connectivity index (χ4n) is 2.21. The van der Waals surface area contributed by atoms with Crippen LogP contribution < -0.4 is 15.4 Å². The number of hydrogen-bond acceptors (Lipinski definition) is 5. The molecule has 3 rings (SSSR count). The van der Waals surface area contributed by atoms with Crippen LogP contribution in [-0.4, -0.2) is 29.0 Å². The highest BCUT2D eigenvalue weighted by molar-refractivity contribution is 6.29. The molecule has 1 amide bonds. The number of carbonyl (C=O) groups is 1. The van der Waals surface area contributed by atoms with Crippen molar-refractivity contribution in [3.05, 3.63) is 41.0 Å². The molecule has 21 heavy (non-hydrogen) atoms. The molecule has 1 aromatic carbocycles. The van der Waals surface area contributed by atoms with E-state index in [1.165, 1.54) is 13.2 Å². The highest BCUT2D eigenvalue weighted by Gasteiger charge is 2.26. The topological polar surface area (TPSA) is 76.1 Å². The van der Waals surface area contributed by atoms with Crippen molar-refractivity contribution in [1.29, 1.82) is 0 Å². The lowest BCUT2D eigenvalue weighted by Crippen LogP contribution is -2.33. The molecular formula is C14H13ClN4O2. The lowest BCUT2D eigenvalue weighted by molar-refractivity contribution is -0.116. The fourth-order valence-corrected chi connectivity index (χ4v) is 2.38. The molecule has 0 aliphatic carbocycles. The molecule has 1 atom stereocenters. The zero-order valence-corrected chi connectivity index (χ0v) is 12.0. The van der Waals surface area contributed by atoms with Crippen molar-refractivity contribution in [3.63, 3.8) is 0 Å². The first kappa shape index (κ1) is 13.6. The molecule has 7 heteroatoms. The third-order valence-corrected chi connectivity index (χ3v) is 3.40. The number of rotatable bonds is 3. The van der Waals surface area contributed by atoms with E-state index in [1.54, 1.807) is 0 Å². The number of amides is 1. The molecule has 1 aliphatic rings. The average molecular weight is 305 g/mol. The molecule has 0 spiro atoms. The highest BCUT2D eigenvalue weighted by Crippen LogP contribution is 2.25. The summed E-state index contributed by atoms with van der Waals surface area (Å²) in [5.41, 5.74) is 2.09. The van der Waals surface area contributed by atoms with E-state index in [-0.39, 0.29) is 23.1 Å². The Balaban J connectivity index is 1.72. The minimum atomic E-state index is -0.351. The number of aromatic nitrogens is 2. The van der Waals surface area contributed by atoms with Crippen LogP contribution in [0.5, 0.6) is 5.88 Å². The second kappa shape index (κ2) is 5.57. The van der Waals surface area contributed by atoms with Crippen LogP contribution in [0.1, 0.15) is 5.56 Å². The van der Waals surface area contributed by atoms with Gasteiger partial charge in [-0.2, -0.15) is 4.98 Å². The smallest absolute Gasteiger partial charge is 0.249 e. The van der Waals surface area contributed by atoms with Crippen molar-refractivity contribution in [2.75, 3.05) is 17.7 Å². The number of carbonyl (C=O) groups excluding carboxylic acids is 1. The Bertz CT molecular complexity index is 667. The number of fused-ring (bicyclic) bond motifs is 1. The van der Waals surface area contributed by atoms with E-state index in [0.717, 1.165) is 11.3 Å². The van der Waals surface area contributed by atoms with Crippen molar-refractivity contribution in [2.45, 2.75) is 12.5 Å². The Morgan fingerprint density at radius 2 is 2.24 bits per heavy atom. The van der Waals surface area contributed by atoms with E-state index < -0.39 is 0 Å². The van der Waals surface area contributed by atoms with Crippen molar-refractivity contribution in [2.24, 2.45) is 0 Å². The summed E-state index contributed by atoms with van der Waals surface area (Å²) < 4.78 is 4.99. The molecule has 0 saturated carbocycles. The summed E-state index contributed by atoms with van der Waals surface area (Å²) in [6.45, 7) is 0. The molecule has 0 fully saturated rings. The minimum Gasteiger partial charge on any atom is -0.481 e. The third kappa shape index (κ3) is 2.90. The van der Waals surface area contributed by atoms with Gasteiger partial charge in [0, 0.05) is 18.2 Å². The lowest BCUT2D eigenvalue weighted by Gasteiger charge is -2.11. The van der Waals surface area contributed by atoms with E-state index in [4.69, 9.17) is 16.3 Å². The number of benzene rings is 1. The van der Waals surface area contributed by atoms with E-state index >= 15 is 0 Å². The Morgan fingerprint density at radius 3 is 3.00 bits per heavy atom. The molecular weight excluding hydrogens is 292 g/mol. The quantitative estimate of drug-likeness (QED) is 0.849. The molecule has 1 aliphatic heterocycles. The number of ether oxygens (including phenoxy) is 1.